The number of carbonyl (C=O) groups excluding carboxylic acids is 4. The fraction of sp³-hybridized carbons (Fsp3) is 0.911. The van der Waals surface area contributed by atoms with Gasteiger partial charge in [-0.2, -0.15) is 8.78 Å². The Kier molecular flexibility index (Phi) is 10.5. The fourth-order valence-corrected chi connectivity index (χ4v) is 15.7. The molecule has 12 aliphatic carbocycles. The average molecular weight is 803 g/mol. The summed E-state index contributed by atoms with van der Waals surface area (Å²) in [7, 11) is 0. The van der Waals surface area contributed by atoms with Crippen molar-refractivity contribution in [2.75, 3.05) is 26.4 Å². The molecule has 0 spiro atoms. The number of hydrogen-bond acceptors (Lipinski definition) is 10. The standard InChI is InChI=1S/C45H64F2O10/c1-4-44(32-10-25-6-26(12-32)13-33(44)11-25)56-37(48)23-52-21-36(53-24-38(49)57-45(5-2)34-14-27-7-28(16-34)17-35(45)15-27)22-54-41(51)43-18-29-8-30(19-43)39(31(9-29)20-43)55-40(50)42(3,46)47/h25-36,39H,4-24H2,1-3H3. The first-order chi connectivity index (χ1) is 27.2. The first-order valence-corrected chi connectivity index (χ1v) is 22.6. The molecule has 12 heteroatoms. The van der Waals surface area contributed by atoms with E-state index in [1.165, 1.54) is 12.8 Å². The number of hydrogen-bond donors (Lipinski definition) is 0. The van der Waals surface area contributed by atoms with Crippen LogP contribution in [0.1, 0.15) is 130 Å². The van der Waals surface area contributed by atoms with Crippen LogP contribution in [0, 0.1) is 70.5 Å². The topological polar surface area (TPSA) is 124 Å². The second-order valence-electron chi connectivity index (χ2n) is 20.7. The Morgan fingerprint density at radius 1 is 0.632 bits per heavy atom. The third kappa shape index (κ3) is 7.24. The van der Waals surface area contributed by atoms with Gasteiger partial charge in [-0.15, -0.1) is 0 Å². The summed E-state index contributed by atoms with van der Waals surface area (Å²) >= 11 is 0. The first-order valence-electron chi connectivity index (χ1n) is 22.6. The molecule has 0 heterocycles. The minimum atomic E-state index is -3.58. The quantitative estimate of drug-likeness (QED) is 0.114. The lowest BCUT2D eigenvalue weighted by atomic mass is 9.48. The highest BCUT2D eigenvalue weighted by atomic mass is 19.3. The van der Waals surface area contributed by atoms with Crippen LogP contribution in [0.2, 0.25) is 0 Å². The Morgan fingerprint density at radius 3 is 1.56 bits per heavy atom. The van der Waals surface area contributed by atoms with Gasteiger partial charge >= 0.3 is 29.8 Å². The van der Waals surface area contributed by atoms with Gasteiger partial charge in [-0.3, -0.25) is 4.79 Å². The van der Waals surface area contributed by atoms with Crippen LogP contribution in [0.25, 0.3) is 0 Å². The number of halogens is 2. The molecule has 0 N–H and O–H groups in total. The van der Waals surface area contributed by atoms with Gasteiger partial charge in [0, 0.05) is 6.92 Å². The Morgan fingerprint density at radius 2 is 1.11 bits per heavy atom. The Bertz CT molecular complexity index is 1500. The van der Waals surface area contributed by atoms with E-state index in [1.54, 1.807) is 0 Å². The summed E-state index contributed by atoms with van der Waals surface area (Å²) in [6.07, 6.45) is 14.5. The lowest BCUT2D eigenvalue weighted by molar-refractivity contribution is -0.219. The van der Waals surface area contributed by atoms with Crippen LogP contribution in [0.3, 0.4) is 0 Å². The maximum atomic E-state index is 14.0. The van der Waals surface area contributed by atoms with E-state index in [0.29, 0.717) is 49.9 Å². The van der Waals surface area contributed by atoms with Crippen molar-refractivity contribution in [2.24, 2.45) is 70.5 Å². The van der Waals surface area contributed by atoms with E-state index in [0.717, 1.165) is 101 Å². The zero-order valence-corrected chi connectivity index (χ0v) is 34.2. The van der Waals surface area contributed by atoms with Crippen LogP contribution < -0.4 is 0 Å². The van der Waals surface area contributed by atoms with Crippen molar-refractivity contribution in [3.8, 4) is 0 Å². The minimum Gasteiger partial charge on any atom is -0.462 e. The minimum absolute atomic E-state index is 0.0938. The molecule has 3 atom stereocenters. The molecular weight excluding hydrogens is 738 g/mol. The second kappa shape index (κ2) is 15.0. The molecule has 0 radical (unpaired) electrons. The van der Waals surface area contributed by atoms with Crippen LogP contribution in [0.15, 0.2) is 0 Å². The van der Waals surface area contributed by atoms with E-state index in [1.807, 2.05) is 0 Å². The van der Waals surface area contributed by atoms with E-state index in [4.69, 9.17) is 28.4 Å². The van der Waals surface area contributed by atoms with Gasteiger partial charge in [-0.1, -0.05) is 13.8 Å². The number of ether oxygens (including phenoxy) is 6. The highest BCUT2D eigenvalue weighted by Crippen LogP contribution is 2.63. The first kappa shape index (κ1) is 40.1. The molecule has 12 aliphatic rings. The van der Waals surface area contributed by atoms with Crippen LogP contribution >= 0.6 is 0 Å². The van der Waals surface area contributed by atoms with Gasteiger partial charge in [0.2, 0.25) is 0 Å². The van der Waals surface area contributed by atoms with E-state index in [2.05, 4.69) is 13.8 Å². The molecule has 0 aromatic carbocycles. The second-order valence-corrected chi connectivity index (χ2v) is 20.7. The zero-order chi connectivity index (χ0) is 39.9. The summed E-state index contributed by atoms with van der Waals surface area (Å²) in [6.45, 7) is 3.90. The molecule has 0 aromatic rings. The van der Waals surface area contributed by atoms with Gasteiger partial charge in [0.05, 0.1) is 12.0 Å². The number of esters is 4. The average Bonchev–Trinajstić information content (AvgIpc) is 3.15. The molecule has 12 bridgehead atoms. The van der Waals surface area contributed by atoms with Gasteiger partial charge < -0.3 is 28.4 Å². The Balaban J connectivity index is 0.833. The van der Waals surface area contributed by atoms with Crippen molar-refractivity contribution in [2.45, 2.75) is 159 Å². The smallest absolute Gasteiger partial charge is 0.376 e. The van der Waals surface area contributed by atoms with Crippen LogP contribution in [0.4, 0.5) is 8.78 Å². The normalized spacial score (nSPS) is 44.9. The SMILES string of the molecule is CCC1(OC(=O)COCC(COC(=O)C23CC4CC(C2)C(OC(=O)C(C)(F)F)C(C4)C3)OCC(=O)OC2(CC)C3CC4CC(C3)CC2C4)C2CC3CC(C2)CC1C3. The maximum absolute atomic E-state index is 14.0. The Labute approximate surface area is 335 Å². The molecule has 318 valence electrons. The predicted molar refractivity (Wildman–Crippen MR) is 200 cm³/mol. The molecule has 57 heavy (non-hydrogen) atoms. The third-order valence-corrected chi connectivity index (χ3v) is 17.3. The van der Waals surface area contributed by atoms with Crippen molar-refractivity contribution < 1.29 is 56.4 Å². The van der Waals surface area contributed by atoms with Gasteiger partial charge in [0.15, 0.2) is 0 Å². The van der Waals surface area contributed by atoms with Gasteiger partial charge in [-0.05, 0) is 174 Å². The molecule has 0 amide bonds. The van der Waals surface area contributed by atoms with Crippen molar-refractivity contribution in [1.82, 2.24) is 0 Å². The summed E-state index contributed by atoms with van der Waals surface area (Å²) in [4.78, 5) is 53.1. The largest absolute Gasteiger partial charge is 0.462 e. The molecule has 10 nitrogen and oxygen atoms in total. The highest BCUT2D eigenvalue weighted by Gasteiger charge is 2.62. The molecule has 12 fully saturated rings. The lowest BCUT2D eigenvalue weighted by Gasteiger charge is -2.60. The molecule has 3 unspecified atom stereocenters. The van der Waals surface area contributed by atoms with E-state index in [-0.39, 0.29) is 44.2 Å². The number of rotatable bonds is 16. The van der Waals surface area contributed by atoms with Crippen LogP contribution in [0.5, 0.6) is 0 Å². The van der Waals surface area contributed by atoms with E-state index >= 15 is 0 Å². The predicted octanol–water partition coefficient (Wildman–Crippen LogP) is 7.62. The Hall–Kier alpha value is -2.34. The van der Waals surface area contributed by atoms with Crippen molar-refractivity contribution in [1.29, 1.82) is 0 Å². The van der Waals surface area contributed by atoms with Crippen molar-refractivity contribution >= 4 is 23.9 Å². The summed E-state index contributed by atoms with van der Waals surface area (Å²) in [5.74, 6) is -2.01. The van der Waals surface area contributed by atoms with Gasteiger partial charge in [0.25, 0.3) is 0 Å². The zero-order valence-electron chi connectivity index (χ0n) is 34.2. The van der Waals surface area contributed by atoms with Gasteiger partial charge in [-0.25, -0.2) is 14.4 Å². The maximum Gasteiger partial charge on any atom is 0.376 e. The highest BCUT2D eigenvalue weighted by molar-refractivity contribution is 5.79. The summed E-state index contributed by atoms with van der Waals surface area (Å²) in [6, 6.07) is 0. The number of alkyl halides is 2. The molecule has 0 aromatic heterocycles. The summed E-state index contributed by atoms with van der Waals surface area (Å²) in [5.41, 5.74) is -1.72. The van der Waals surface area contributed by atoms with Crippen molar-refractivity contribution in [3.63, 3.8) is 0 Å². The molecule has 12 saturated carbocycles. The number of carbonyl (C=O) groups is 4. The van der Waals surface area contributed by atoms with Crippen LogP contribution in [-0.4, -0.2) is 79.6 Å². The van der Waals surface area contributed by atoms with Crippen molar-refractivity contribution in [3.05, 3.63) is 0 Å². The van der Waals surface area contributed by atoms with Crippen LogP contribution in [-0.2, 0) is 47.6 Å². The van der Waals surface area contributed by atoms with E-state index < -0.39 is 58.6 Å². The lowest BCUT2D eigenvalue weighted by Crippen LogP contribution is -2.59. The summed E-state index contributed by atoms with van der Waals surface area (Å²) in [5, 5.41) is 0. The molecule has 0 saturated heterocycles. The fourth-order valence-electron chi connectivity index (χ4n) is 15.7. The van der Waals surface area contributed by atoms with Gasteiger partial charge in [0.1, 0.15) is 43.2 Å². The summed E-state index contributed by atoms with van der Waals surface area (Å²) < 4.78 is 63.7. The molecular formula is C45H64F2O10. The third-order valence-electron chi connectivity index (χ3n) is 17.3. The molecule has 12 rings (SSSR count). The van der Waals surface area contributed by atoms with E-state index in [9.17, 15) is 28.0 Å². The monoisotopic (exact) mass is 802 g/mol. The molecule has 0 aliphatic heterocycles.